The predicted octanol–water partition coefficient (Wildman–Crippen LogP) is 4.57. The van der Waals surface area contributed by atoms with Gasteiger partial charge in [-0.05, 0) is 38.5 Å². The van der Waals surface area contributed by atoms with Crippen LogP contribution in [0.15, 0.2) is 48.6 Å². The minimum absolute atomic E-state index is 1.19. The van der Waals surface area contributed by atoms with Crippen molar-refractivity contribution in [1.29, 1.82) is 0 Å². The van der Waals surface area contributed by atoms with Crippen molar-refractivity contribution in [3.63, 3.8) is 0 Å². The van der Waals surface area contributed by atoms with Gasteiger partial charge in [-0.1, -0.05) is 48.6 Å². The van der Waals surface area contributed by atoms with Gasteiger partial charge in [-0.3, -0.25) is 0 Å². The standard InChI is InChI=1S/C14H20/c1-2-4-6-8-10-12-14-13-11-9-7-5-3-1/h1-6,13-14H,7-12H2/b2-1-,5-3-,6-4-,14-13-. The van der Waals surface area contributed by atoms with Gasteiger partial charge < -0.3 is 0 Å². The summed E-state index contributed by atoms with van der Waals surface area (Å²) >= 11 is 0. The van der Waals surface area contributed by atoms with E-state index >= 15 is 0 Å². The molecule has 0 heteroatoms. The van der Waals surface area contributed by atoms with Gasteiger partial charge in [0.15, 0.2) is 0 Å². The smallest absolute Gasteiger partial charge is 0.0345 e. The third kappa shape index (κ3) is 6.47. The molecular weight excluding hydrogens is 168 g/mol. The van der Waals surface area contributed by atoms with Gasteiger partial charge in [0.1, 0.15) is 0 Å². The summed E-state index contributed by atoms with van der Waals surface area (Å²) in [6.07, 6.45) is 25.0. The lowest BCUT2D eigenvalue weighted by Crippen LogP contribution is -1.72. The fourth-order valence-electron chi connectivity index (χ4n) is 1.42. The molecule has 1 aliphatic rings. The fraction of sp³-hybridized carbons (Fsp3) is 0.429. The van der Waals surface area contributed by atoms with Gasteiger partial charge >= 0.3 is 0 Å². The minimum Gasteiger partial charge on any atom is -0.0885 e. The van der Waals surface area contributed by atoms with Crippen molar-refractivity contribution < 1.29 is 0 Å². The van der Waals surface area contributed by atoms with E-state index < -0.39 is 0 Å². The molecule has 0 aromatic heterocycles. The first kappa shape index (κ1) is 11.0. The van der Waals surface area contributed by atoms with Gasteiger partial charge in [-0.15, -0.1) is 0 Å². The summed E-state index contributed by atoms with van der Waals surface area (Å²) < 4.78 is 0. The first-order valence-electron chi connectivity index (χ1n) is 5.63. The molecule has 0 N–H and O–H groups in total. The maximum atomic E-state index is 2.32. The zero-order valence-corrected chi connectivity index (χ0v) is 8.86. The van der Waals surface area contributed by atoms with E-state index in [0.29, 0.717) is 0 Å². The Hall–Kier alpha value is -1.04. The molecule has 0 bridgehead atoms. The van der Waals surface area contributed by atoms with E-state index in [0.717, 1.165) is 0 Å². The number of rotatable bonds is 0. The summed E-state index contributed by atoms with van der Waals surface area (Å²) in [6, 6.07) is 0. The van der Waals surface area contributed by atoms with Crippen LogP contribution in [-0.2, 0) is 0 Å². The molecule has 76 valence electrons. The first-order valence-corrected chi connectivity index (χ1v) is 5.63. The van der Waals surface area contributed by atoms with Crippen molar-refractivity contribution in [1.82, 2.24) is 0 Å². The maximum absolute atomic E-state index is 2.32. The van der Waals surface area contributed by atoms with E-state index in [2.05, 4.69) is 48.6 Å². The molecule has 0 amide bonds. The Morgan fingerprint density at radius 2 is 0.857 bits per heavy atom. The molecule has 0 fully saturated rings. The lowest BCUT2D eigenvalue weighted by atomic mass is 10.1. The van der Waals surface area contributed by atoms with Gasteiger partial charge in [-0.25, -0.2) is 0 Å². The van der Waals surface area contributed by atoms with Crippen LogP contribution in [0.4, 0.5) is 0 Å². The third-order valence-corrected chi connectivity index (χ3v) is 2.26. The van der Waals surface area contributed by atoms with Gasteiger partial charge in [0.05, 0.1) is 0 Å². The SMILES string of the molecule is C1=C\C=C/CCC/C=C\CCC\C=C/1. The number of allylic oxidation sites excluding steroid dienone is 8. The number of hydrogen-bond donors (Lipinski definition) is 0. The van der Waals surface area contributed by atoms with Crippen LogP contribution in [0.3, 0.4) is 0 Å². The second kappa shape index (κ2) is 8.55. The zero-order chi connectivity index (χ0) is 9.90. The summed E-state index contributed by atoms with van der Waals surface area (Å²) in [5, 5.41) is 0. The van der Waals surface area contributed by atoms with Crippen LogP contribution in [0.5, 0.6) is 0 Å². The van der Waals surface area contributed by atoms with Gasteiger partial charge in [-0.2, -0.15) is 0 Å². The van der Waals surface area contributed by atoms with Crippen molar-refractivity contribution in [3.8, 4) is 0 Å². The Kier molecular flexibility index (Phi) is 6.74. The average molecular weight is 188 g/mol. The second-order valence-corrected chi connectivity index (χ2v) is 3.57. The highest BCUT2D eigenvalue weighted by Crippen LogP contribution is 2.03. The first-order chi connectivity index (χ1) is 7.00. The monoisotopic (exact) mass is 188 g/mol. The maximum Gasteiger partial charge on any atom is -0.0345 e. The molecule has 0 saturated heterocycles. The lowest BCUT2D eigenvalue weighted by Gasteiger charge is -1.92. The summed E-state index contributed by atoms with van der Waals surface area (Å²) in [5.41, 5.74) is 0. The molecule has 1 aliphatic carbocycles. The van der Waals surface area contributed by atoms with Gasteiger partial charge in [0.2, 0.25) is 0 Å². The second-order valence-electron chi connectivity index (χ2n) is 3.57. The van der Waals surface area contributed by atoms with Crippen LogP contribution < -0.4 is 0 Å². The summed E-state index contributed by atoms with van der Waals surface area (Å²) in [7, 11) is 0. The van der Waals surface area contributed by atoms with Crippen molar-refractivity contribution in [3.05, 3.63) is 48.6 Å². The lowest BCUT2D eigenvalue weighted by molar-refractivity contribution is 0.840. The van der Waals surface area contributed by atoms with Crippen molar-refractivity contribution in [2.75, 3.05) is 0 Å². The molecule has 14 heavy (non-hydrogen) atoms. The molecule has 0 nitrogen and oxygen atoms in total. The molecule has 0 unspecified atom stereocenters. The molecule has 0 aromatic rings. The van der Waals surface area contributed by atoms with Crippen molar-refractivity contribution >= 4 is 0 Å². The molecule has 0 saturated carbocycles. The van der Waals surface area contributed by atoms with Gasteiger partial charge in [0.25, 0.3) is 0 Å². The molecular formula is C14H20. The fourth-order valence-corrected chi connectivity index (χ4v) is 1.42. The van der Waals surface area contributed by atoms with Crippen LogP contribution in [0.2, 0.25) is 0 Å². The Morgan fingerprint density at radius 3 is 1.36 bits per heavy atom. The highest BCUT2D eigenvalue weighted by Gasteiger charge is 1.82. The highest BCUT2D eigenvalue weighted by molar-refractivity contribution is 5.11. The Bertz CT molecular complexity index is 204. The summed E-state index contributed by atoms with van der Waals surface area (Å²) in [4.78, 5) is 0. The molecule has 1 rings (SSSR count). The van der Waals surface area contributed by atoms with Crippen LogP contribution in [0.25, 0.3) is 0 Å². The third-order valence-electron chi connectivity index (χ3n) is 2.26. The molecule has 0 aromatic carbocycles. The largest absolute Gasteiger partial charge is 0.0885 e. The molecule has 0 radical (unpaired) electrons. The minimum atomic E-state index is 1.19. The van der Waals surface area contributed by atoms with E-state index in [9.17, 15) is 0 Å². The van der Waals surface area contributed by atoms with Crippen LogP contribution in [0, 0.1) is 0 Å². The predicted molar refractivity (Wildman–Crippen MR) is 64.3 cm³/mol. The van der Waals surface area contributed by atoms with Crippen LogP contribution in [0.1, 0.15) is 38.5 Å². The Labute approximate surface area is 87.7 Å². The van der Waals surface area contributed by atoms with Gasteiger partial charge in [0, 0.05) is 0 Å². The molecule has 0 aliphatic heterocycles. The quantitative estimate of drug-likeness (QED) is 0.489. The van der Waals surface area contributed by atoms with Crippen LogP contribution >= 0.6 is 0 Å². The van der Waals surface area contributed by atoms with Crippen molar-refractivity contribution in [2.24, 2.45) is 0 Å². The summed E-state index contributed by atoms with van der Waals surface area (Å²) in [6.45, 7) is 0. The molecule has 0 spiro atoms. The van der Waals surface area contributed by atoms with E-state index in [-0.39, 0.29) is 0 Å². The highest BCUT2D eigenvalue weighted by atomic mass is 13.9. The Morgan fingerprint density at radius 1 is 0.429 bits per heavy atom. The topological polar surface area (TPSA) is 0 Å². The molecule has 0 heterocycles. The zero-order valence-electron chi connectivity index (χ0n) is 8.86. The van der Waals surface area contributed by atoms with Crippen LogP contribution in [-0.4, -0.2) is 0 Å². The summed E-state index contributed by atoms with van der Waals surface area (Å²) in [5.74, 6) is 0. The number of hydrogen-bond acceptors (Lipinski definition) is 0. The van der Waals surface area contributed by atoms with E-state index in [4.69, 9.17) is 0 Å². The van der Waals surface area contributed by atoms with Crippen molar-refractivity contribution in [2.45, 2.75) is 38.5 Å². The van der Waals surface area contributed by atoms with E-state index in [1.54, 1.807) is 0 Å². The Balaban J connectivity index is 2.35. The normalized spacial score (nSPS) is 28.6. The average Bonchev–Trinajstić information content (AvgIpc) is 2.22. The van der Waals surface area contributed by atoms with E-state index in [1.165, 1.54) is 38.5 Å². The van der Waals surface area contributed by atoms with E-state index in [1.807, 2.05) is 0 Å². The molecule has 0 atom stereocenters.